The molecule has 5 nitrogen and oxygen atoms in total. The zero-order chi connectivity index (χ0) is 13.3. The predicted molar refractivity (Wildman–Crippen MR) is 67.8 cm³/mol. The summed E-state index contributed by atoms with van der Waals surface area (Å²) >= 11 is 0. The molecule has 18 heavy (non-hydrogen) atoms. The minimum Gasteiger partial charge on any atom is -0.480 e. The van der Waals surface area contributed by atoms with Gasteiger partial charge in [0.05, 0.1) is 6.54 Å². The van der Waals surface area contributed by atoms with Crippen molar-refractivity contribution < 1.29 is 14.7 Å². The summed E-state index contributed by atoms with van der Waals surface area (Å²) in [5.74, 6) is -0.768. The maximum absolute atomic E-state index is 11.8. The quantitative estimate of drug-likeness (QED) is 0.856. The number of rotatable bonds is 3. The Morgan fingerprint density at radius 3 is 2.72 bits per heavy atom. The van der Waals surface area contributed by atoms with Crippen molar-refractivity contribution in [3.05, 3.63) is 29.8 Å². The zero-order valence-corrected chi connectivity index (χ0v) is 10.4. The summed E-state index contributed by atoms with van der Waals surface area (Å²) in [5, 5.41) is 11.7. The number of urea groups is 1. The van der Waals surface area contributed by atoms with Gasteiger partial charge in [-0.2, -0.15) is 0 Å². The van der Waals surface area contributed by atoms with E-state index < -0.39 is 12.0 Å². The van der Waals surface area contributed by atoms with Crippen LogP contribution < -0.4 is 10.2 Å². The summed E-state index contributed by atoms with van der Waals surface area (Å²) < 4.78 is 0. The first-order chi connectivity index (χ1) is 8.52. The molecule has 0 spiro atoms. The largest absolute Gasteiger partial charge is 0.480 e. The fraction of sp³-hybridized carbons (Fsp3) is 0.385. The van der Waals surface area contributed by atoms with Crippen molar-refractivity contribution in [1.29, 1.82) is 0 Å². The Morgan fingerprint density at radius 1 is 1.44 bits per heavy atom. The lowest BCUT2D eigenvalue weighted by Crippen LogP contribution is -2.40. The Balaban J connectivity index is 2.46. The molecule has 0 bridgehead atoms. The molecule has 1 aliphatic heterocycles. The first kappa shape index (κ1) is 12.4. The highest BCUT2D eigenvalue weighted by Gasteiger charge is 2.38. The van der Waals surface area contributed by atoms with Gasteiger partial charge in [-0.15, -0.1) is 0 Å². The fourth-order valence-corrected chi connectivity index (χ4v) is 2.17. The van der Waals surface area contributed by atoms with E-state index in [1.165, 1.54) is 4.90 Å². The second-order valence-electron chi connectivity index (χ2n) is 4.62. The molecule has 1 fully saturated rings. The third-order valence-corrected chi connectivity index (χ3v) is 3.08. The van der Waals surface area contributed by atoms with E-state index >= 15 is 0 Å². The standard InChI is InChI=1S/C13H16N2O3/c1-8(2)9-5-3-4-6-10(9)15-11(12(16)17)7-14-13(15)18/h3-6,8,11H,7H2,1-2H3,(H,14,18)(H,16,17). The van der Waals surface area contributed by atoms with Crippen molar-refractivity contribution in [2.24, 2.45) is 0 Å². The topological polar surface area (TPSA) is 69.6 Å². The van der Waals surface area contributed by atoms with Crippen molar-refractivity contribution in [3.63, 3.8) is 0 Å². The van der Waals surface area contributed by atoms with Crippen LogP contribution in [-0.4, -0.2) is 29.7 Å². The van der Waals surface area contributed by atoms with Crippen molar-refractivity contribution in [3.8, 4) is 0 Å². The molecule has 1 atom stereocenters. The maximum atomic E-state index is 11.8. The Bertz CT molecular complexity index is 485. The number of nitrogens with one attached hydrogen (secondary N) is 1. The van der Waals surface area contributed by atoms with E-state index in [0.29, 0.717) is 5.69 Å². The number of carbonyl (C=O) groups excluding carboxylic acids is 1. The summed E-state index contributed by atoms with van der Waals surface area (Å²) in [5.41, 5.74) is 1.65. The van der Waals surface area contributed by atoms with Crippen LogP contribution in [0.3, 0.4) is 0 Å². The number of aliphatic carboxylic acids is 1. The Morgan fingerprint density at radius 2 is 2.11 bits per heavy atom. The molecule has 2 N–H and O–H groups in total. The van der Waals surface area contributed by atoms with Crippen LogP contribution in [0.2, 0.25) is 0 Å². The van der Waals surface area contributed by atoms with Crippen LogP contribution in [-0.2, 0) is 4.79 Å². The van der Waals surface area contributed by atoms with Crippen molar-refractivity contribution >= 4 is 17.7 Å². The second-order valence-corrected chi connectivity index (χ2v) is 4.62. The van der Waals surface area contributed by atoms with E-state index in [9.17, 15) is 9.59 Å². The molecule has 1 aliphatic rings. The number of amides is 2. The van der Waals surface area contributed by atoms with Gasteiger partial charge in [-0.3, -0.25) is 4.90 Å². The van der Waals surface area contributed by atoms with E-state index in [2.05, 4.69) is 5.32 Å². The molecule has 0 aromatic heterocycles. The monoisotopic (exact) mass is 248 g/mol. The molecule has 96 valence electrons. The first-order valence-corrected chi connectivity index (χ1v) is 5.91. The summed E-state index contributed by atoms with van der Waals surface area (Å²) in [7, 11) is 0. The van der Waals surface area contributed by atoms with Gasteiger partial charge in [0.15, 0.2) is 6.04 Å². The lowest BCUT2D eigenvalue weighted by atomic mass is 10.00. The van der Waals surface area contributed by atoms with Crippen LogP contribution in [0.4, 0.5) is 10.5 Å². The molecule has 0 aliphatic carbocycles. The van der Waals surface area contributed by atoms with Gasteiger partial charge >= 0.3 is 12.0 Å². The van der Waals surface area contributed by atoms with Crippen LogP contribution in [0, 0.1) is 0 Å². The number of carbonyl (C=O) groups is 2. The molecule has 1 aromatic carbocycles. The normalized spacial score (nSPS) is 19.2. The van der Waals surface area contributed by atoms with Crippen molar-refractivity contribution in [2.75, 3.05) is 11.4 Å². The van der Waals surface area contributed by atoms with Gasteiger partial charge in [-0.1, -0.05) is 32.0 Å². The summed E-state index contributed by atoms with van der Waals surface area (Å²) in [4.78, 5) is 24.3. The van der Waals surface area contributed by atoms with Crippen LogP contribution in [0.1, 0.15) is 25.3 Å². The number of para-hydroxylation sites is 1. The summed E-state index contributed by atoms with van der Waals surface area (Å²) in [6.45, 7) is 4.17. The SMILES string of the molecule is CC(C)c1ccccc1N1C(=O)NCC1C(=O)O. The number of nitrogens with zero attached hydrogens (tertiary/aromatic N) is 1. The smallest absolute Gasteiger partial charge is 0.328 e. The molecule has 1 unspecified atom stereocenters. The van der Waals surface area contributed by atoms with Crippen LogP contribution in [0.25, 0.3) is 0 Å². The highest BCUT2D eigenvalue weighted by atomic mass is 16.4. The van der Waals surface area contributed by atoms with Gasteiger partial charge in [-0.25, -0.2) is 9.59 Å². The minimum atomic E-state index is -0.994. The van der Waals surface area contributed by atoms with Crippen LogP contribution in [0.5, 0.6) is 0 Å². The number of hydrogen-bond donors (Lipinski definition) is 2. The molecule has 1 saturated heterocycles. The van der Waals surface area contributed by atoms with Gasteiger partial charge < -0.3 is 10.4 Å². The molecule has 0 saturated carbocycles. The average molecular weight is 248 g/mol. The van der Waals surface area contributed by atoms with Crippen LogP contribution >= 0.6 is 0 Å². The first-order valence-electron chi connectivity index (χ1n) is 5.91. The van der Waals surface area contributed by atoms with Gasteiger partial charge in [0.25, 0.3) is 0 Å². The number of anilines is 1. The number of carboxylic acids is 1. The van der Waals surface area contributed by atoms with E-state index in [4.69, 9.17) is 5.11 Å². The average Bonchev–Trinajstić information content (AvgIpc) is 2.71. The highest BCUT2D eigenvalue weighted by Crippen LogP contribution is 2.30. The Labute approximate surface area is 105 Å². The van der Waals surface area contributed by atoms with Crippen molar-refractivity contribution in [2.45, 2.75) is 25.8 Å². The van der Waals surface area contributed by atoms with Gasteiger partial charge in [0.1, 0.15) is 0 Å². The minimum absolute atomic E-state index is 0.139. The predicted octanol–water partition coefficient (Wildman–Crippen LogP) is 1.79. The third kappa shape index (κ3) is 2.03. The third-order valence-electron chi connectivity index (χ3n) is 3.08. The van der Waals surface area contributed by atoms with E-state index in [1.54, 1.807) is 6.07 Å². The van der Waals surface area contributed by atoms with E-state index in [1.807, 2.05) is 32.0 Å². The van der Waals surface area contributed by atoms with E-state index in [-0.39, 0.29) is 18.5 Å². The Hall–Kier alpha value is -2.04. The molecular formula is C13H16N2O3. The second kappa shape index (κ2) is 4.68. The van der Waals surface area contributed by atoms with Gasteiger partial charge in [-0.05, 0) is 17.5 Å². The molecule has 2 rings (SSSR count). The molecule has 2 amide bonds. The molecule has 0 radical (unpaired) electrons. The lowest BCUT2D eigenvalue weighted by molar-refractivity contribution is -0.137. The Kier molecular flexibility index (Phi) is 3.23. The van der Waals surface area contributed by atoms with E-state index in [0.717, 1.165) is 5.56 Å². The number of hydrogen-bond acceptors (Lipinski definition) is 2. The lowest BCUT2D eigenvalue weighted by Gasteiger charge is -2.24. The fourth-order valence-electron chi connectivity index (χ4n) is 2.17. The molecule has 5 heteroatoms. The van der Waals surface area contributed by atoms with Crippen LogP contribution in [0.15, 0.2) is 24.3 Å². The molecule has 1 aromatic rings. The van der Waals surface area contributed by atoms with Gasteiger partial charge in [0, 0.05) is 5.69 Å². The maximum Gasteiger partial charge on any atom is 0.328 e. The zero-order valence-electron chi connectivity index (χ0n) is 10.4. The molecule has 1 heterocycles. The van der Waals surface area contributed by atoms with Crippen molar-refractivity contribution in [1.82, 2.24) is 5.32 Å². The summed E-state index contributed by atoms with van der Waals surface area (Å²) in [6, 6.07) is 6.22. The molecular weight excluding hydrogens is 232 g/mol. The number of benzene rings is 1. The van der Waals surface area contributed by atoms with Gasteiger partial charge in [0.2, 0.25) is 0 Å². The summed E-state index contributed by atoms with van der Waals surface area (Å²) in [6.07, 6.45) is 0. The number of carboxylic acid groups (broad SMARTS) is 1. The highest BCUT2D eigenvalue weighted by molar-refractivity contribution is 6.02.